The molecule has 8 heteroatoms. The lowest BCUT2D eigenvalue weighted by molar-refractivity contribution is -0.114. The third-order valence-corrected chi connectivity index (χ3v) is 6.16. The van der Waals surface area contributed by atoms with Crippen LogP contribution in [0.3, 0.4) is 0 Å². The third-order valence-electron chi connectivity index (χ3n) is 4.08. The van der Waals surface area contributed by atoms with Crippen LogP contribution in [0.5, 0.6) is 5.75 Å². The lowest BCUT2D eigenvalue weighted by Gasteiger charge is -2.15. The Bertz CT molecular complexity index is 1140. The van der Waals surface area contributed by atoms with Crippen LogP contribution in [0, 0.1) is 6.92 Å². The van der Waals surface area contributed by atoms with Crippen LogP contribution >= 0.6 is 22.7 Å². The molecule has 27 heavy (non-hydrogen) atoms. The number of nitrogens with one attached hydrogen (secondary N) is 1. The minimum Gasteiger partial charge on any atom is -0.494 e. The highest BCUT2D eigenvalue weighted by Crippen LogP contribution is 2.33. The predicted molar refractivity (Wildman–Crippen MR) is 112 cm³/mol. The summed E-state index contributed by atoms with van der Waals surface area (Å²) in [6, 6.07) is 11.6. The first-order chi connectivity index (χ1) is 13.0. The van der Waals surface area contributed by atoms with Crippen molar-refractivity contribution in [3.05, 3.63) is 41.4 Å². The summed E-state index contributed by atoms with van der Waals surface area (Å²) in [6.07, 6.45) is 0. The fourth-order valence-corrected chi connectivity index (χ4v) is 4.59. The second-order valence-corrected chi connectivity index (χ2v) is 8.37. The SMILES string of the molecule is COc1cccc2sc(N(C)CC(=O)Nc3ccc4sc(C)nc4c3)nc12. The summed E-state index contributed by atoms with van der Waals surface area (Å²) in [4.78, 5) is 23.4. The molecule has 2 aromatic carbocycles. The first kappa shape index (κ1) is 17.7. The molecule has 1 amide bonds. The summed E-state index contributed by atoms with van der Waals surface area (Å²) in [5.41, 5.74) is 2.47. The molecular weight excluding hydrogens is 380 g/mol. The van der Waals surface area contributed by atoms with Crippen molar-refractivity contribution in [1.82, 2.24) is 9.97 Å². The van der Waals surface area contributed by atoms with E-state index in [1.54, 1.807) is 18.4 Å². The van der Waals surface area contributed by atoms with Gasteiger partial charge in [0.2, 0.25) is 5.91 Å². The van der Waals surface area contributed by atoms with Gasteiger partial charge in [0.25, 0.3) is 0 Å². The number of hydrogen-bond acceptors (Lipinski definition) is 7. The Kier molecular flexibility index (Phi) is 4.67. The second-order valence-electron chi connectivity index (χ2n) is 6.12. The monoisotopic (exact) mass is 398 g/mol. The molecule has 0 bridgehead atoms. The van der Waals surface area contributed by atoms with Crippen molar-refractivity contribution in [2.45, 2.75) is 6.92 Å². The Morgan fingerprint density at radius 2 is 2.04 bits per heavy atom. The zero-order valence-corrected chi connectivity index (χ0v) is 16.8. The molecule has 0 saturated heterocycles. The van der Waals surface area contributed by atoms with Gasteiger partial charge in [-0.1, -0.05) is 17.4 Å². The zero-order chi connectivity index (χ0) is 19.0. The standard InChI is InChI=1S/C19H18N4O2S2/c1-11-20-13-9-12(7-8-15(13)26-11)21-17(24)10-23(2)19-22-18-14(25-3)5-4-6-16(18)27-19/h4-9H,10H2,1-3H3,(H,21,24). The summed E-state index contributed by atoms with van der Waals surface area (Å²) in [6.45, 7) is 2.18. The second kappa shape index (κ2) is 7.13. The van der Waals surface area contributed by atoms with E-state index in [1.807, 2.05) is 55.3 Å². The topological polar surface area (TPSA) is 67.3 Å². The number of thiazole rings is 2. The van der Waals surface area contributed by atoms with E-state index in [0.29, 0.717) is 0 Å². The molecule has 2 heterocycles. The Balaban J connectivity index is 1.48. The summed E-state index contributed by atoms with van der Waals surface area (Å²) in [5.74, 6) is 0.634. The number of rotatable bonds is 5. The van der Waals surface area contributed by atoms with Crippen LogP contribution in [0.2, 0.25) is 0 Å². The molecule has 1 N–H and O–H groups in total. The molecule has 0 atom stereocenters. The van der Waals surface area contributed by atoms with E-state index in [0.717, 1.165) is 42.0 Å². The molecular formula is C19H18N4O2S2. The normalized spacial score (nSPS) is 11.1. The Hall–Kier alpha value is -2.71. The van der Waals surface area contributed by atoms with Crippen molar-refractivity contribution in [2.24, 2.45) is 0 Å². The number of para-hydroxylation sites is 1. The Morgan fingerprint density at radius 3 is 2.85 bits per heavy atom. The molecule has 4 rings (SSSR count). The van der Waals surface area contributed by atoms with Gasteiger partial charge in [0.15, 0.2) is 5.13 Å². The maximum Gasteiger partial charge on any atom is 0.243 e. The fourth-order valence-electron chi connectivity index (χ4n) is 2.84. The molecule has 0 unspecified atom stereocenters. The number of hydrogen-bond donors (Lipinski definition) is 1. The third kappa shape index (κ3) is 3.58. The minimum atomic E-state index is -0.102. The molecule has 0 saturated carbocycles. The Labute approximate surface area is 164 Å². The van der Waals surface area contributed by atoms with Crippen LogP contribution in [0.15, 0.2) is 36.4 Å². The minimum absolute atomic E-state index is 0.102. The van der Waals surface area contributed by atoms with E-state index < -0.39 is 0 Å². The number of methoxy groups -OCH3 is 1. The number of aryl methyl sites for hydroxylation is 1. The number of nitrogens with zero attached hydrogens (tertiary/aromatic N) is 3. The average molecular weight is 399 g/mol. The van der Waals surface area contributed by atoms with E-state index in [9.17, 15) is 4.79 Å². The van der Waals surface area contributed by atoms with Gasteiger partial charge in [-0.3, -0.25) is 4.79 Å². The van der Waals surface area contributed by atoms with Gasteiger partial charge in [-0.25, -0.2) is 9.97 Å². The lowest BCUT2D eigenvalue weighted by Crippen LogP contribution is -2.29. The largest absolute Gasteiger partial charge is 0.494 e. The molecule has 0 aliphatic rings. The number of ether oxygens (including phenoxy) is 1. The van der Waals surface area contributed by atoms with Crippen molar-refractivity contribution in [2.75, 3.05) is 30.9 Å². The van der Waals surface area contributed by atoms with Crippen LogP contribution in [0.1, 0.15) is 5.01 Å². The fraction of sp³-hybridized carbons (Fsp3) is 0.211. The molecule has 0 spiro atoms. The van der Waals surface area contributed by atoms with E-state index in [1.165, 1.54) is 11.3 Å². The van der Waals surface area contributed by atoms with Gasteiger partial charge >= 0.3 is 0 Å². The highest BCUT2D eigenvalue weighted by molar-refractivity contribution is 7.22. The maximum atomic E-state index is 12.5. The lowest BCUT2D eigenvalue weighted by atomic mass is 10.3. The number of carbonyl (C=O) groups is 1. The molecule has 2 aromatic heterocycles. The van der Waals surface area contributed by atoms with Crippen molar-refractivity contribution in [3.8, 4) is 5.75 Å². The van der Waals surface area contributed by atoms with Crippen LogP contribution in [-0.2, 0) is 4.79 Å². The van der Waals surface area contributed by atoms with Crippen molar-refractivity contribution < 1.29 is 9.53 Å². The zero-order valence-electron chi connectivity index (χ0n) is 15.1. The predicted octanol–water partition coefficient (Wildman–Crippen LogP) is 4.30. The van der Waals surface area contributed by atoms with Gasteiger partial charge < -0.3 is 15.0 Å². The van der Waals surface area contributed by atoms with Crippen molar-refractivity contribution in [1.29, 1.82) is 0 Å². The Morgan fingerprint density at radius 1 is 1.19 bits per heavy atom. The molecule has 0 aliphatic heterocycles. The number of anilines is 2. The van der Waals surface area contributed by atoms with Gasteiger partial charge in [0.05, 0.1) is 33.6 Å². The number of likely N-dealkylation sites (N-methyl/N-ethyl adjacent to an activating group) is 1. The first-order valence-electron chi connectivity index (χ1n) is 8.35. The smallest absolute Gasteiger partial charge is 0.243 e. The molecule has 4 aromatic rings. The van der Waals surface area contributed by atoms with Gasteiger partial charge in [0, 0.05) is 12.7 Å². The molecule has 6 nitrogen and oxygen atoms in total. The molecule has 0 aliphatic carbocycles. The summed E-state index contributed by atoms with van der Waals surface area (Å²) in [5, 5.41) is 4.72. The highest BCUT2D eigenvalue weighted by Gasteiger charge is 2.14. The highest BCUT2D eigenvalue weighted by atomic mass is 32.1. The van der Waals surface area contributed by atoms with Crippen LogP contribution in [0.4, 0.5) is 10.8 Å². The summed E-state index contributed by atoms with van der Waals surface area (Å²) in [7, 11) is 3.49. The van der Waals surface area contributed by atoms with E-state index in [-0.39, 0.29) is 12.5 Å². The quantitative estimate of drug-likeness (QED) is 0.543. The number of amides is 1. The number of carbonyl (C=O) groups excluding carboxylic acids is 1. The maximum absolute atomic E-state index is 12.5. The van der Waals surface area contributed by atoms with Crippen LogP contribution in [0.25, 0.3) is 20.4 Å². The van der Waals surface area contributed by atoms with Crippen LogP contribution in [-0.4, -0.2) is 36.6 Å². The summed E-state index contributed by atoms with van der Waals surface area (Å²) < 4.78 is 7.50. The number of benzene rings is 2. The number of fused-ring (bicyclic) bond motifs is 2. The van der Waals surface area contributed by atoms with Gasteiger partial charge in [-0.15, -0.1) is 11.3 Å². The summed E-state index contributed by atoms with van der Waals surface area (Å²) >= 11 is 3.18. The van der Waals surface area contributed by atoms with Crippen molar-refractivity contribution in [3.63, 3.8) is 0 Å². The molecule has 0 radical (unpaired) electrons. The van der Waals surface area contributed by atoms with Gasteiger partial charge in [-0.2, -0.15) is 0 Å². The number of aromatic nitrogens is 2. The van der Waals surface area contributed by atoms with Crippen molar-refractivity contribution >= 4 is 59.8 Å². The van der Waals surface area contributed by atoms with Gasteiger partial charge in [0.1, 0.15) is 11.3 Å². The first-order valence-corrected chi connectivity index (χ1v) is 9.98. The van der Waals surface area contributed by atoms with Crippen LogP contribution < -0.4 is 15.0 Å². The van der Waals surface area contributed by atoms with E-state index in [2.05, 4.69) is 15.3 Å². The average Bonchev–Trinajstić information content (AvgIpc) is 3.23. The molecule has 138 valence electrons. The van der Waals surface area contributed by atoms with E-state index in [4.69, 9.17) is 4.74 Å². The van der Waals surface area contributed by atoms with E-state index >= 15 is 0 Å². The molecule has 0 fully saturated rings. The van der Waals surface area contributed by atoms with Gasteiger partial charge in [-0.05, 0) is 37.3 Å².